The first kappa shape index (κ1) is 14.0. The molecule has 0 fully saturated rings. The van der Waals surface area contributed by atoms with E-state index in [0.29, 0.717) is 24.1 Å². The highest BCUT2D eigenvalue weighted by Gasteiger charge is 2.38. The maximum Gasteiger partial charge on any atom is 0.226 e. The predicted molar refractivity (Wildman–Crippen MR) is 85.1 cm³/mol. The average Bonchev–Trinajstić information content (AvgIpc) is 2.84. The lowest BCUT2D eigenvalue weighted by Gasteiger charge is -2.34. The fraction of sp³-hybridized carbons (Fsp3) is 0.353. The van der Waals surface area contributed by atoms with Crippen LogP contribution in [0.1, 0.15) is 37.2 Å². The number of benzene rings is 1. The van der Waals surface area contributed by atoms with Crippen molar-refractivity contribution in [2.24, 2.45) is 5.92 Å². The summed E-state index contributed by atoms with van der Waals surface area (Å²) in [6, 6.07) is 6.67. The number of phenolic OH excluding ortho intramolecular Hbond substituents is 1. The Bertz CT molecular complexity index is 837. The molecule has 1 aromatic carbocycles. The maximum absolute atomic E-state index is 12.7. The summed E-state index contributed by atoms with van der Waals surface area (Å²) >= 11 is 0. The van der Waals surface area contributed by atoms with E-state index in [-0.39, 0.29) is 17.6 Å². The van der Waals surface area contributed by atoms with E-state index in [9.17, 15) is 9.90 Å². The molecule has 118 valence electrons. The minimum Gasteiger partial charge on any atom is -0.508 e. The maximum atomic E-state index is 12.7. The minimum atomic E-state index is -0.338. The van der Waals surface area contributed by atoms with E-state index in [1.807, 2.05) is 13.0 Å². The van der Waals surface area contributed by atoms with Gasteiger partial charge in [0, 0.05) is 17.7 Å². The number of aryl methyl sites for hydroxylation is 1. The molecule has 2 unspecified atom stereocenters. The molecule has 23 heavy (non-hydrogen) atoms. The molecular formula is C17H18N4O2. The number of aromatic nitrogens is 3. The Labute approximate surface area is 133 Å². The van der Waals surface area contributed by atoms with Crippen LogP contribution in [0.4, 0.5) is 5.95 Å². The highest BCUT2D eigenvalue weighted by atomic mass is 16.3. The molecule has 1 aliphatic carbocycles. The second-order valence-corrected chi connectivity index (χ2v) is 6.38. The summed E-state index contributed by atoms with van der Waals surface area (Å²) in [7, 11) is 0. The summed E-state index contributed by atoms with van der Waals surface area (Å²) in [4.78, 5) is 17.1. The van der Waals surface area contributed by atoms with Gasteiger partial charge < -0.3 is 10.4 Å². The molecule has 1 aliphatic heterocycles. The van der Waals surface area contributed by atoms with E-state index >= 15 is 0 Å². The van der Waals surface area contributed by atoms with Crippen LogP contribution >= 0.6 is 0 Å². The molecule has 0 amide bonds. The van der Waals surface area contributed by atoms with Crippen molar-refractivity contribution in [2.75, 3.05) is 5.32 Å². The smallest absolute Gasteiger partial charge is 0.226 e. The molecule has 0 radical (unpaired) electrons. The van der Waals surface area contributed by atoms with Crippen LogP contribution < -0.4 is 5.32 Å². The van der Waals surface area contributed by atoms with Crippen LogP contribution in [0.5, 0.6) is 5.75 Å². The van der Waals surface area contributed by atoms with E-state index in [4.69, 9.17) is 0 Å². The summed E-state index contributed by atoms with van der Waals surface area (Å²) in [5.74, 6) is 1.93. The van der Waals surface area contributed by atoms with Crippen LogP contribution in [0.25, 0.3) is 0 Å². The molecule has 2 N–H and O–H groups in total. The van der Waals surface area contributed by atoms with Crippen molar-refractivity contribution in [3.8, 4) is 5.75 Å². The van der Waals surface area contributed by atoms with Gasteiger partial charge in [0.1, 0.15) is 17.6 Å². The molecule has 6 heteroatoms. The zero-order chi connectivity index (χ0) is 16.1. The quantitative estimate of drug-likeness (QED) is 0.846. The Morgan fingerprint density at radius 2 is 2.17 bits per heavy atom. The first-order valence-electron chi connectivity index (χ1n) is 7.78. The number of anilines is 1. The molecule has 4 rings (SSSR count). The van der Waals surface area contributed by atoms with E-state index < -0.39 is 0 Å². The van der Waals surface area contributed by atoms with Gasteiger partial charge in [0.25, 0.3) is 0 Å². The molecule has 0 saturated heterocycles. The zero-order valence-electron chi connectivity index (χ0n) is 13.1. The van der Waals surface area contributed by atoms with Gasteiger partial charge in [-0.05, 0) is 37.0 Å². The van der Waals surface area contributed by atoms with Crippen molar-refractivity contribution in [3.05, 3.63) is 46.9 Å². The number of hydrogen-bond acceptors (Lipinski definition) is 5. The molecule has 0 saturated carbocycles. The standard InChI is InChI=1S/C17H18N4O2/c1-9-6-13-15(14(23)7-9)16(11-4-3-5-12(22)8-11)21-17(19-13)18-10(2)20-21/h3-5,8-9,16,22H,6-7H2,1-2H3,(H,18,19,20). The van der Waals surface area contributed by atoms with E-state index in [1.54, 1.807) is 22.9 Å². The third-order valence-corrected chi connectivity index (χ3v) is 4.42. The van der Waals surface area contributed by atoms with Gasteiger partial charge in [0.15, 0.2) is 5.78 Å². The highest BCUT2D eigenvalue weighted by Crippen LogP contribution is 2.41. The molecule has 0 bridgehead atoms. The summed E-state index contributed by atoms with van der Waals surface area (Å²) in [6.07, 6.45) is 1.36. The van der Waals surface area contributed by atoms with Gasteiger partial charge >= 0.3 is 0 Å². The Morgan fingerprint density at radius 1 is 1.35 bits per heavy atom. The zero-order valence-corrected chi connectivity index (χ0v) is 13.1. The first-order valence-corrected chi connectivity index (χ1v) is 7.78. The number of carbonyl (C=O) groups excluding carboxylic acids is 1. The topological polar surface area (TPSA) is 80.0 Å². The van der Waals surface area contributed by atoms with Crippen molar-refractivity contribution in [1.82, 2.24) is 14.8 Å². The lowest BCUT2D eigenvalue weighted by molar-refractivity contribution is -0.117. The Morgan fingerprint density at radius 3 is 2.96 bits per heavy atom. The first-order chi connectivity index (χ1) is 11.0. The van der Waals surface area contributed by atoms with Crippen LogP contribution in [0, 0.1) is 12.8 Å². The average molecular weight is 310 g/mol. The lowest BCUT2D eigenvalue weighted by Crippen LogP contribution is -2.33. The summed E-state index contributed by atoms with van der Waals surface area (Å²) < 4.78 is 1.75. The summed E-state index contributed by atoms with van der Waals surface area (Å²) in [5, 5.41) is 17.6. The third-order valence-electron chi connectivity index (χ3n) is 4.42. The molecule has 2 heterocycles. The Balaban J connectivity index is 1.93. The van der Waals surface area contributed by atoms with E-state index in [0.717, 1.165) is 23.3 Å². The van der Waals surface area contributed by atoms with Gasteiger partial charge in [-0.2, -0.15) is 10.1 Å². The lowest BCUT2D eigenvalue weighted by atomic mass is 9.81. The molecule has 2 aliphatic rings. The van der Waals surface area contributed by atoms with Crippen molar-refractivity contribution in [3.63, 3.8) is 0 Å². The SMILES string of the molecule is Cc1nc2n(n1)C(c1cccc(O)c1)C1=C(CC(C)CC1=O)N2. The third kappa shape index (κ3) is 2.21. The van der Waals surface area contributed by atoms with Gasteiger partial charge in [-0.25, -0.2) is 4.68 Å². The number of hydrogen-bond donors (Lipinski definition) is 2. The normalized spacial score (nSPS) is 23.3. The second-order valence-electron chi connectivity index (χ2n) is 6.38. The fourth-order valence-corrected chi connectivity index (χ4v) is 3.52. The monoisotopic (exact) mass is 310 g/mol. The van der Waals surface area contributed by atoms with Crippen LogP contribution in [0.3, 0.4) is 0 Å². The number of aromatic hydroxyl groups is 1. The second kappa shape index (κ2) is 4.94. The number of allylic oxidation sites excluding steroid dienone is 2. The van der Waals surface area contributed by atoms with Crippen LogP contribution in [-0.4, -0.2) is 25.7 Å². The highest BCUT2D eigenvalue weighted by molar-refractivity contribution is 5.99. The van der Waals surface area contributed by atoms with Gasteiger partial charge in [-0.1, -0.05) is 19.1 Å². The van der Waals surface area contributed by atoms with Crippen LogP contribution in [-0.2, 0) is 4.79 Å². The predicted octanol–water partition coefficient (Wildman–Crippen LogP) is 2.56. The van der Waals surface area contributed by atoms with E-state index in [1.165, 1.54) is 0 Å². The minimum absolute atomic E-state index is 0.137. The summed E-state index contributed by atoms with van der Waals surface area (Å²) in [5.41, 5.74) is 2.51. The van der Waals surface area contributed by atoms with Crippen molar-refractivity contribution in [2.45, 2.75) is 32.7 Å². The van der Waals surface area contributed by atoms with Crippen LogP contribution in [0.15, 0.2) is 35.5 Å². The number of carbonyl (C=O) groups is 1. The number of ketones is 1. The van der Waals surface area contributed by atoms with Crippen LogP contribution in [0.2, 0.25) is 0 Å². The molecule has 2 aromatic rings. The van der Waals surface area contributed by atoms with Gasteiger partial charge in [-0.15, -0.1) is 0 Å². The molecule has 2 atom stereocenters. The number of fused-ring (bicyclic) bond motifs is 1. The largest absolute Gasteiger partial charge is 0.508 e. The molecule has 0 spiro atoms. The van der Waals surface area contributed by atoms with Gasteiger partial charge in [0.05, 0.1) is 0 Å². The number of phenols is 1. The Hall–Kier alpha value is -2.63. The molecule has 1 aromatic heterocycles. The van der Waals surface area contributed by atoms with Gasteiger partial charge in [-0.3, -0.25) is 4.79 Å². The number of nitrogens with one attached hydrogen (secondary N) is 1. The Kier molecular flexibility index (Phi) is 3.01. The number of Topliss-reactive ketones (excluding diaryl/α,β-unsaturated/α-hetero) is 1. The fourth-order valence-electron chi connectivity index (χ4n) is 3.52. The molecule has 6 nitrogen and oxygen atoms in total. The van der Waals surface area contributed by atoms with Gasteiger partial charge in [0.2, 0.25) is 5.95 Å². The van der Waals surface area contributed by atoms with E-state index in [2.05, 4.69) is 22.3 Å². The number of nitrogens with zero attached hydrogens (tertiary/aromatic N) is 3. The number of rotatable bonds is 1. The van der Waals surface area contributed by atoms with Crippen molar-refractivity contribution >= 4 is 11.7 Å². The van der Waals surface area contributed by atoms with Crippen molar-refractivity contribution in [1.29, 1.82) is 0 Å². The summed E-state index contributed by atoms with van der Waals surface area (Å²) in [6.45, 7) is 3.91. The van der Waals surface area contributed by atoms with Crippen molar-refractivity contribution < 1.29 is 9.90 Å². The molecular weight excluding hydrogens is 292 g/mol.